The van der Waals surface area contributed by atoms with Gasteiger partial charge in [-0.15, -0.1) is 0 Å². The van der Waals surface area contributed by atoms with Gasteiger partial charge in [0.25, 0.3) is 0 Å². The molecule has 2 amide bonds. The summed E-state index contributed by atoms with van der Waals surface area (Å²) in [6.07, 6.45) is 4.71. The summed E-state index contributed by atoms with van der Waals surface area (Å²) >= 11 is 0. The zero-order valence-corrected chi connectivity index (χ0v) is 15.8. The lowest BCUT2D eigenvalue weighted by Gasteiger charge is -2.30. The molecular weight excluding hydrogens is 338 g/mol. The molecular formula is C22H25N3O2. The summed E-state index contributed by atoms with van der Waals surface area (Å²) in [6, 6.07) is 13.6. The first-order valence-electron chi connectivity index (χ1n) is 9.29. The quantitative estimate of drug-likeness (QED) is 0.843. The molecule has 3 rings (SSSR count). The van der Waals surface area contributed by atoms with Crippen molar-refractivity contribution in [3.8, 4) is 0 Å². The molecule has 27 heavy (non-hydrogen) atoms. The predicted octanol–water partition coefficient (Wildman–Crippen LogP) is 3.67. The molecule has 1 aromatic heterocycles. The molecule has 0 radical (unpaired) electrons. The molecule has 0 saturated carbocycles. The standard InChI is InChI=1S/C22H25N3O2/c1-16-8-11-23-20(14-16)24-22(27)19-9-12-25(13-10-19)21(26)15-17(2)18-6-4-3-5-7-18/h3-8,11,14-15,19H,9-10,12-13H2,1-2H3,(H,23,24,27)/b17-15+. The van der Waals surface area contributed by atoms with E-state index in [0.29, 0.717) is 31.7 Å². The van der Waals surface area contributed by atoms with Crippen LogP contribution in [0.15, 0.2) is 54.7 Å². The number of hydrogen-bond acceptors (Lipinski definition) is 3. The van der Waals surface area contributed by atoms with Gasteiger partial charge in [0.05, 0.1) is 0 Å². The number of benzene rings is 1. The van der Waals surface area contributed by atoms with Crippen molar-refractivity contribution in [2.75, 3.05) is 18.4 Å². The third kappa shape index (κ3) is 5.03. The summed E-state index contributed by atoms with van der Waals surface area (Å²) in [5.74, 6) is 0.488. The van der Waals surface area contributed by atoms with Crippen LogP contribution in [0.4, 0.5) is 5.82 Å². The number of amides is 2. The molecule has 0 bridgehead atoms. The van der Waals surface area contributed by atoms with E-state index in [1.165, 1.54) is 0 Å². The predicted molar refractivity (Wildman–Crippen MR) is 107 cm³/mol. The van der Waals surface area contributed by atoms with Gasteiger partial charge in [-0.25, -0.2) is 4.98 Å². The van der Waals surface area contributed by atoms with Crippen molar-refractivity contribution < 1.29 is 9.59 Å². The Kier molecular flexibility index (Phi) is 6.01. The molecule has 2 heterocycles. The number of hydrogen-bond donors (Lipinski definition) is 1. The first-order valence-corrected chi connectivity index (χ1v) is 9.29. The Morgan fingerprint density at radius 1 is 1.15 bits per heavy atom. The van der Waals surface area contributed by atoms with Crippen LogP contribution in [0.1, 0.15) is 30.9 Å². The fraction of sp³-hybridized carbons (Fsp3) is 0.318. The minimum Gasteiger partial charge on any atom is -0.339 e. The highest BCUT2D eigenvalue weighted by atomic mass is 16.2. The molecule has 0 aliphatic carbocycles. The van der Waals surface area contributed by atoms with E-state index in [0.717, 1.165) is 16.7 Å². The largest absolute Gasteiger partial charge is 0.339 e. The second-order valence-corrected chi connectivity index (χ2v) is 7.00. The average molecular weight is 363 g/mol. The van der Waals surface area contributed by atoms with Crippen molar-refractivity contribution in [2.45, 2.75) is 26.7 Å². The molecule has 1 saturated heterocycles. The van der Waals surface area contributed by atoms with Crippen LogP contribution >= 0.6 is 0 Å². The van der Waals surface area contributed by atoms with Gasteiger partial charge in [-0.3, -0.25) is 9.59 Å². The van der Waals surface area contributed by atoms with E-state index in [4.69, 9.17) is 0 Å². The van der Waals surface area contributed by atoms with E-state index >= 15 is 0 Å². The van der Waals surface area contributed by atoms with Crippen molar-refractivity contribution in [3.05, 3.63) is 65.9 Å². The zero-order valence-electron chi connectivity index (χ0n) is 15.8. The normalized spacial score (nSPS) is 15.5. The zero-order chi connectivity index (χ0) is 19.2. The highest BCUT2D eigenvalue weighted by Crippen LogP contribution is 2.21. The summed E-state index contributed by atoms with van der Waals surface area (Å²) in [5, 5.41) is 2.88. The number of rotatable bonds is 4. The highest BCUT2D eigenvalue weighted by Gasteiger charge is 2.27. The first kappa shape index (κ1) is 18.8. The van der Waals surface area contributed by atoms with Gasteiger partial charge in [-0.2, -0.15) is 0 Å². The number of aryl methyl sites for hydroxylation is 1. The number of anilines is 1. The number of aromatic nitrogens is 1. The number of likely N-dealkylation sites (tertiary alicyclic amines) is 1. The third-order valence-corrected chi connectivity index (χ3v) is 4.91. The molecule has 5 nitrogen and oxygen atoms in total. The molecule has 0 unspecified atom stereocenters. The Hall–Kier alpha value is -2.95. The number of allylic oxidation sites excluding steroid dienone is 1. The van der Waals surface area contributed by atoms with E-state index in [-0.39, 0.29) is 17.7 Å². The molecule has 140 valence electrons. The topological polar surface area (TPSA) is 62.3 Å². The van der Waals surface area contributed by atoms with Crippen molar-refractivity contribution in [1.82, 2.24) is 9.88 Å². The SMILES string of the molecule is C/C(=C\C(=O)N1CCC(C(=O)Nc2cc(C)ccn2)CC1)c1ccccc1. The maximum atomic E-state index is 12.5. The maximum Gasteiger partial charge on any atom is 0.246 e. The Balaban J connectivity index is 1.53. The molecule has 1 fully saturated rings. The molecule has 1 aromatic carbocycles. The van der Waals surface area contributed by atoms with Crippen LogP contribution in [0.3, 0.4) is 0 Å². The summed E-state index contributed by atoms with van der Waals surface area (Å²) in [7, 11) is 0. The molecule has 0 spiro atoms. The summed E-state index contributed by atoms with van der Waals surface area (Å²) in [4.78, 5) is 31.0. The van der Waals surface area contributed by atoms with E-state index in [9.17, 15) is 9.59 Å². The van der Waals surface area contributed by atoms with Crippen LogP contribution < -0.4 is 5.32 Å². The first-order chi connectivity index (χ1) is 13.0. The Labute approximate surface area is 160 Å². The van der Waals surface area contributed by atoms with E-state index in [1.54, 1.807) is 12.3 Å². The van der Waals surface area contributed by atoms with Gasteiger partial charge in [0.1, 0.15) is 5.82 Å². The van der Waals surface area contributed by atoms with E-state index in [2.05, 4.69) is 10.3 Å². The Morgan fingerprint density at radius 2 is 1.85 bits per heavy atom. The third-order valence-electron chi connectivity index (χ3n) is 4.91. The van der Waals surface area contributed by atoms with Gasteiger partial charge in [0.2, 0.25) is 11.8 Å². The number of pyridine rings is 1. The monoisotopic (exact) mass is 363 g/mol. The van der Waals surface area contributed by atoms with Gasteiger partial charge in [-0.1, -0.05) is 30.3 Å². The summed E-state index contributed by atoms with van der Waals surface area (Å²) < 4.78 is 0. The number of carbonyl (C=O) groups is 2. The molecule has 5 heteroatoms. The van der Waals surface area contributed by atoms with Crippen LogP contribution in [0.2, 0.25) is 0 Å². The second kappa shape index (κ2) is 8.62. The second-order valence-electron chi connectivity index (χ2n) is 7.00. The lowest BCUT2D eigenvalue weighted by atomic mass is 9.95. The van der Waals surface area contributed by atoms with Crippen LogP contribution in [0, 0.1) is 12.8 Å². The van der Waals surface area contributed by atoms with Crippen molar-refractivity contribution in [3.63, 3.8) is 0 Å². The number of carbonyl (C=O) groups excluding carboxylic acids is 2. The Morgan fingerprint density at radius 3 is 2.52 bits per heavy atom. The molecule has 0 atom stereocenters. The van der Waals surface area contributed by atoms with Crippen LogP contribution in [-0.2, 0) is 9.59 Å². The fourth-order valence-corrected chi connectivity index (χ4v) is 3.26. The molecule has 1 aliphatic heterocycles. The number of nitrogens with one attached hydrogen (secondary N) is 1. The number of nitrogens with zero attached hydrogens (tertiary/aromatic N) is 2. The minimum absolute atomic E-state index is 0.00978. The van der Waals surface area contributed by atoms with Crippen molar-refractivity contribution in [1.29, 1.82) is 0 Å². The van der Waals surface area contributed by atoms with Crippen LogP contribution in [0.5, 0.6) is 0 Å². The summed E-state index contributed by atoms with van der Waals surface area (Å²) in [6.45, 7) is 5.10. The fourth-order valence-electron chi connectivity index (χ4n) is 3.26. The molecule has 1 aliphatic rings. The minimum atomic E-state index is -0.0874. The van der Waals surface area contributed by atoms with Crippen molar-refractivity contribution >= 4 is 23.2 Å². The smallest absolute Gasteiger partial charge is 0.246 e. The van der Waals surface area contributed by atoms with E-state index < -0.39 is 0 Å². The van der Waals surface area contributed by atoms with Gasteiger partial charge in [0, 0.05) is 31.3 Å². The average Bonchev–Trinajstić information content (AvgIpc) is 2.68. The van der Waals surface area contributed by atoms with Gasteiger partial charge < -0.3 is 10.2 Å². The Bertz CT molecular complexity index is 838. The van der Waals surface area contributed by atoms with Gasteiger partial charge in [0.15, 0.2) is 0 Å². The lowest BCUT2D eigenvalue weighted by molar-refractivity contribution is -0.130. The van der Waals surface area contributed by atoms with Gasteiger partial charge >= 0.3 is 0 Å². The number of piperidine rings is 1. The maximum absolute atomic E-state index is 12.5. The highest BCUT2D eigenvalue weighted by molar-refractivity contribution is 5.95. The van der Waals surface area contributed by atoms with Crippen LogP contribution in [-0.4, -0.2) is 34.8 Å². The van der Waals surface area contributed by atoms with Gasteiger partial charge in [-0.05, 0) is 55.5 Å². The molecule has 2 aromatic rings. The molecule has 1 N–H and O–H groups in total. The van der Waals surface area contributed by atoms with E-state index in [1.807, 2.05) is 61.2 Å². The summed E-state index contributed by atoms with van der Waals surface area (Å²) in [5.41, 5.74) is 3.05. The van der Waals surface area contributed by atoms with Crippen molar-refractivity contribution in [2.24, 2.45) is 5.92 Å². The lowest BCUT2D eigenvalue weighted by Crippen LogP contribution is -2.40. The van der Waals surface area contributed by atoms with Crippen LogP contribution in [0.25, 0.3) is 5.57 Å².